The van der Waals surface area contributed by atoms with E-state index in [0.717, 1.165) is 11.3 Å². The Bertz CT molecular complexity index is 1120. The van der Waals surface area contributed by atoms with Crippen molar-refractivity contribution < 1.29 is 0 Å². The highest BCUT2D eigenvalue weighted by molar-refractivity contribution is 6.88. The van der Waals surface area contributed by atoms with Gasteiger partial charge >= 0.3 is 0 Å². The highest BCUT2D eigenvalue weighted by Gasteiger charge is 2.17. The van der Waals surface area contributed by atoms with Crippen molar-refractivity contribution in [3.63, 3.8) is 0 Å². The molecule has 1 aromatic heterocycles. The lowest BCUT2D eigenvalue weighted by Gasteiger charge is -2.18. The SMILES string of the molecule is Cc1cc([Si](C)(C)C)ccc1-c1ccc(-c2cccc(-c3ccccc3)c2)nc1. The zero-order valence-electron chi connectivity index (χ0n) is 17.6. The topological polar surface area (TPSA) is 12.9 Å². The second-order valence-electron chi connectivity index (χ2n) is 8.66. The Morgan fingerprint density at radius 2 is 1.34 bits per heavy atom. The minimum Gasteiger partial charge on any atom is -0.256 e. The van der Waals surface area contributed by atoms with Gasteiger partial charge in [-0.25, -0.2) is 0 Å². The van der Waals surface area contributed by atoms with Gasteiger partial charge in [-0.2, -0.15) is 0 Å². The van der Waals surface area contributed by atoms with E-state index >= 15 is 0 Å². The molecular weight excluding hydrogens is 366 g/mol. The molecule has 0 atom stereocenters. The Hall–Kier alpha value is -2.97. The molecule has 3 aromatic carbocycles. The van der Waals surface area contributed by atoms with Crippen LogP contribution in [-0.2, 0) is 0 Å². The van der Waals surface area contributed by atoms with Gasteiger partial charge in [-0.3, -0.25) is 4.98 Å². The first-order chi connectivity index (χ1) is 13.9. The number of hydrogen-bond acceptors (Lipinski definition) is 1. The molecule has 2 heteroatoms. The third-order valence-electron chi connectivity index (χ3n) is 5.43. The molecule has 1 nitrogen and oxygen atoms in total. The molecular formula is C27H27NSi. The van der Waals surface area contributed by atoms with E-state index in [2.05, 4.69) is 105 Å². The summed E-state index contributed by atoms with van der Waals surface area (Å²) in [5.41, 5.74) is 8.35. The summed E-state index contributed by atoms with van der Waals surface area (Å²) in [4.78, 5) is 4.78. The van der Waals surface area contributed by atoms with Crippen molar-refractivity contribution in [1.82, 2.24) is 4.98 Å². The van der Waals surface area contributed by atoms with Gasteiger partial charge in [0.15, 0.2) is 0 Å². The van der Waals surface area contributed by atoms with E-state index in [9.17, 15) is 0 Å². The number of pyridine rings is 1. The molecule has 1 heterocycles. The lowest BCUT2D eigenvalue weighted by Crippen LogP contribution is -2.37. The molecule has 0 unspecified atom stereocenters. The minimum absolute atomic E-state index is 1.00. The Kier molecular flexibility index (Phi) is 5.21. The minimum atomic E-state index is -1.29. The Balaban J connectivity index is 1.64. The van der Waals surface area contributed by atoms with Crippen LogP contribution in [0.3, 0.4) is 0 Å². The predicted molar refractivity (Wildman–Crippen MR) is 128 cm³/mol. The Morgan fingerprint density at radius 1 is 0.621 bits per heavy atom. The second-order valence-corrected chi connectivity index (χ2v) is 13.7. The van der Waals surface area contributed by atoms with Gasteiger partial charge in [-0.05, 0) is 41.3 Å². The molecule has 0 fully saturated rings. The van der Waals surface area contributed by atoms with E-state index in [-0.39, 0.29) is 0 Å². The van der Waals surface area contributed by atoms with E-state index in [1.54, 1.807) is 0 Å². The van der Waals surface area contributed by atoms with E-state index in [1.165, 1.54) is 33.0 Å². The van der Waals surface area contributed by atoms with Crippen LogP contribution in [0, 0.1) is 6.92 Å². The van der Waals surface area contributed by atoms with Crippen LogP contribution in [0.25, 0.3) is 33.5 Å². The van der Waals surface area contributed by atoms with Crippen LogP contribution in [0.5, 0.6) is 0 Å². The van der Waals surface area contributed by atoms with Crippen LogP contribution >= 0.6 is 0 Å². The summed E-state index contributed by atoms with van der Waals surface area (Å²) in [5, 5.41) is 1.50. The maximum atomic E-state index is 4.78. The molecule has 0 spiro atoms. The third kappa shape index (κ3) is 4.23. The number of benzene rings is 3. The molecule has 0 saturated carbocycles. The molecule has 0 N–H and O–H groups in total. The number of aryl methyl sites for hydroxylation is 1. The van der Waals surface area contributed by atoms with Crippen molar-refractivity contribution in [3.8, 4) is 33.5 Å². The molecule has 0 aliphatic rings. The molecule has 0 radical (unpaired) electrons. The van der Waals surface area contributed by atoms with Crippen molar-refractivity contribution in [3.05, 3.63) is 96.7 Å². The van der Waals surface area contributed by atoms with Crippen LogP contribution in [0.2, 0.25) is 19.6 Å². The van der Waals surface area contributed by atoms with Crippen LogP contribution in [0.4, 0.5) is 0 Å². The highest BCUT2D eigenvalue weighted by atomic mass is 28.3. The highest BCUT2D eigenvalue weighted by Crippen LogP contribution is 2.28. The van der Waals surface area contributed by atoms with Crippen molar-refractivity contribution in [2.75, 3.05) is 0 Å². The Labute approximate surface area is 175 Å². The summed E-state index contributed by atoms with van der Waals surface area (Å²) in [6, 6.07) is 30.3. The van der Waals surface area contributed by atoms with Gasteiger partial charge in [-0.1, -0.05) is 97.6 Å². The molecule has 0 bridgehead atoms. The van der Waals surface area contributed by atoms with Gasteiger partial charge < -0.3 is 0 Å². The largest absolute Gasteiger partial charge is 0.256 e. The van der Waals surface area contributed by atoms with Crippen molar-refractivity contribution in [2.24, 2.45) is 0 Å². The smallest absolute Gasteiger partial charge is 0.0776 e. The number of aromatic nitrogens is 1. The second kappa shape index (κ2) is 7.80. The summed E-state index contributed by atoms with van der Waals surface area (Å²) in [7, 11) is -1.29. The molecule has 29 heavy (non-hydrogen) atoms. The fraction of sp³-hybridized carbons (Fsp3) is 0.148. The van der Waals surface area contributed by atoms with Gasteiger partial charge in [0.1, 0.15) is 0 Å². The molecule has 4 aromatic rings. The van der Waals surface area contributed by atoms with Crippen molar-refractivity contribution in [2.45, 2.75) is 26.6 Å². The molecule has 0 amide bonds. The molecule has 4 rings (SSSR count). The third-order valence-corrected chi connectivity index (χ3v) is 7.48. The van der Waals surface area contributed by atoms with Crippen LogP contribution in [0.15, 0.2) is 91.1 Å². The summed E-state index contributed by atoms with van der Waals surface area (Å²) >= 11 is 0. The van der Waals surface area contributed by atoms with E-state index in [1.807, 2.05) is 12.3 Å². The summed E-state index contributed by atoms with van der Waals surface area (Å²) in [6.45, 7) is 9.38. The standard InChI is InChI=1S/C27H27NSi/c1-20-17-25(29(2,3)4)14-15-26(20)24-13-16-27(28-19-24)23-12-8-11-22(18-23)21-9-6-5-7-10-21/h5-19H,1-4H3. The van der Waals surface area contributed by atoms with E-state index in [0.29, 0.717) is 0 Å². The van der Waals surface area contributed by atoms with Gasteiger partial charge in [0.2, 0.25) is 0 Å². The van der Waals surface area contributed by atoms with E-state index in [4.69, 9.17) is 4.98 Å². The zero-order valence-corrected chi connectivity index (χ0v) is 18.6. The molecule has 0 aliphatic carbocycles. The fourth-order valence-electron chi connectivity index (χ4n) is 3.67. The van der Waals surface area contributed by atoms with Crippen LogP contribution in [-0.4, -0.2) is 13.1 Å². The van der Waals surface area contributed by atoms with Gasteiger partial charge in [0, 0.05) is 17.3 Å². The predicted octanol–water partition coefficient (Wildman–Crippen LogP) is 6.94. The fourth-order valence-corrected chi connectivity index (χ4v) is 4.90. The monoisotopic (exact) mass is 393 g/mol. The zero-order chi connectivity index (χ0) is 20.4. The van der Waals surface area contributed by atoms with Gasteiger partial charge in [0.05, 0.1) is 13.8 Å². The first kappa shape index (κ1) is 19.3. The average molecular weight is 394 g/mol. The molecule has 144 valence electrons. The number of hydrogen-bond donors (Lipinski definition) is 0. The summed E-state index contributed by atoms with van der Waals surface area (Å²) < 4.78 is 0. The normalized spacial score (nSPS) is 11.4. The number of rotatable bonds is 4. The van der Waals surface area contributed by atoms with Gasteiger partial charge in [-0.15, -0.1) is 0 Å². The molecule has 0 aliphatic heterocycles. The maximum Gasteiger partial charge on any atom is 0.0776 e. The molecule has 0 saturated heterocycles. The lowest BCUT2D eigenvalue weighted by atomic mass is 9.99. The Morgan fingerprint density at radius 3 is 2.00 bits per heavy atom. The van der Waals surface area contributed by atoms with Crippen LogP contribution in [0.1, 0.15) is 5.56 Å². The van der Waals surface area contributed by atoms with Crippen LogP contribution < -0.4 is 5.19 Å². The quantitative estimate of drug-likeness (QED) is 0.342. The van der Waals surface area contributed by atoms with Crippen molar-refractivity contribution in [1.29, 1.82) is 0 Å². The van der Waals surface area contributed by atoms with Gasteiger partial charge in [0.25, 0.3) is 0 Å². The number of nitrogens with zero attached hydrogens (tertiary/aromatic N) is 1. The first-order valence-corrected chi connectivity index (χ1v) is 13.7. The lowest BCUT2D eigenvalue weighted by molar-refractivity contribution is 1.32. The van der Waals surface area contributed by atoms with Crippen molar-refractivity contribution >= 4 is 13.3 Å². The maximum absolute atomic E-state index is 4.78. The summed E-state index contributed by atoms with van der Waals surface area (Å²) in [5.74, 6) is 0. The summed E-state index contributed by atoms with van der Waals surface area (Å²) in [6.07, 6.45) is 2.00. The first-order valence-electron chi connectivity index (χ1n) is 10.2. The van der Waals surface area contributed by atoms with E-state index < -0.39 is 8.07 Å². The average Bonchev–Trinajstić information content (AvgIpc) is 2.74.